The maximum Gasteiger partial charge on any atom is 0.322 e. The Hall–Kier alpha value is -0.620. The zero-order chi connectivity index (χ0) is 15.7. The molecule has 1 saturated heterocycles. The van der Waals surface area contributed by atoms with Crippen LogP contribution in [0.5, 0.6) is 0 Å². The van der Waals surface area contributed by atoms with E-state index in [1.165, 1.54) is 6.42 Å². The van der Waals surface area contributed by atoms with Crippen LogP contribution in [0, 0.1) is 5.92 Å². The fraction of sp³-hybridized carbons (Fsp3) is 0.933. The molecule has 21 heavy (non-hydrogen) atoms. The molecule has 2 atom stereocenters. The van der Waals surface area contributed by atoms with Crippen LogP contribution in [-0.2, 0) is 19.4 Å². The largest absolute Gasteiger partial charge is 0.480 e. The summed E-state index contributed by atoms with van der Waals surface area (Å²) in [5.41, 5.74) is -0.130. The molecule has 6 heteroatoms. The van der Waals surface area contributed by atoms with Crippen molar-refractivity contribution < 1.29 is 23.1 Å². The summed E-state index contributed by atoms with van der Waals surface area (Å²) < 4.78 is 30.8. The van der Waals surface area contributed by atoms with Crippen LogP contribution in [0.1, 0.15) is 58.8 Å². The van der Waals surface area contributed by atoms with Crippen molar-refractivity contribution in [3.63, 3.8) is 0 Å². The Balaban J connectivity index is 2.03. The van der Waals surface area contributed by atoms with Gasteiger partial charge in [0.2, 0.25) is 0 Å². The van der Waals surface area contributed by atoms with Crippen molar-refractivity contribution in [3.05, 3.63) is 0 Å². The van der Waals surface area contributed by atoms with Crippen molar-refractivity contribution in [3.8, 4) is 0 Å². The zero-order valence-electron chi connectivity index (χ0n) is 12.9. The number of sulfone groups is 1. The number of carbonyl (C=O) groups is 1. The van der Waals surface area contributed by atoms with Crippen LogP contribution >= 0.6 is 0 Å². The maximum atomic E-state index is 12.4. The Morgan fingerprint density at radius 3 is 2.38 bits per heavy atom. The zero-order valence-corrected chi connectivity index (χ0v) is 13.7. The van der Waals surface area contributed by atoms with Gasteiger partial charge >= 0.3 is 5.97 Å². The lowest BCUT2D eigenvalue weighted by Crippen LogP contribution is -2.40. The molecule has 0 aromatic heterocycles. The minimum absolute atomic E-state index is 0.130. The summed E-state index contributed by atoms with van der Waals surface area (Å²) >= 11 is 0. The van der Waals surface area contributed by atoms with Crippen LogP contribution in [-0.4, -0.2) is 42.2 Å². The Morgan fingerprint density at radius 2 is 1.86 bits per heavy atom. The smallest absolute Gasteiger partial charge is 0.322 e. The second kappa shape index (κ2) is 6.24. The highest BCUT2D eigenvalue weighted by atomic mass is 32.2. The third kappa shape index (κ3) is 3.77. The van der Waals surface area contributed by atoms with Crippen LogP contribution in [0.2, 0.25) is 0 Å². The third-order valence-corrected chi connectivity index (χ3v) is 7.11. The molecule has 2 rings (SSSR count). The molecule has 1 aliphatic heterocycles. The molecule has 1 heterocycles. The second-order valence-corrected chi connectivity index (χ2v) is 9.02. The summed E-state index contributed by atoms with van der Waals surface area (Å²) in [4.78, 5) is 11.2. The predicted molar refractivity (Wildman–Crippen MR) is 80.0 cm³/mol. The molecule has 1 saturated carbocycles. The molecule has 1 N–H and O–H groups in total. The quantitative estimate of drug-likeness (QED) is 0.842. The summed E-state index contributed by atoms with van der Waals surface area (Å²) in [6.07, 6.45) is 6.82. The van der Waals surface area contributed by atoms with Gasteiger partial charge in [-0.15, -0.1) is 0 Å². The average molecular weight is 318 g/mol. The number of carboxylic acids is 1. The van der Waals surface area contributed by atoms with Gasteiger partial charge in [-0.25, -0.2) is 8.42 Å². The lowest BCUT2D eigenvalue weighted by molar-refractivity contribution is -0.137. The molecule has 2 fully saturated rings. The van der Waals surface area contributed by atoms with E-state index in [1.807, 2.05) is 0 Å². The molecule has 1 aliphatic carbocycles. The molecular formula is C15H26O5S. The lowest BCUT2D eigenvalue weighted by Gasteiger charge is -2.33. The number of aliphatic carboxylic acids is 1. The highest BCUT2D eigenvalue weighted by Gasteiger charge is 2.44. The molecule has 0 radical (unpaired) electrons. The summed E-state index contributed by atoms with van der Waals surface area (Å²) in [6, 6.07) is 0. The first-order valence-electron chi connectivity index (χ1n) is 7.88. The molecule has 0 aromatic carbocycles. The summed E-state index contributed by atoms with van der Waals surface area (Å²) in [5.74, 6) is -1.85. The van der Waals surface area contributed by atoms with Crippen LogP contribution in [0.25, 0.3) is 0 Å². The molecule has 0 bridgehead atoms. The van der Waals surface area contributed by atoms with Crippen LogP contribution < -0.4 is 0 Å². The van der Waals surface area contributed by atoms with Gasteiger partial charge in [0.15, 0.2) is 15.1 Å². The van der Waals surface area contributed by atoms with Crippen LogP contribution in [0.15, 0.2) is 0 Å². The van der Waals surface area contributed by atoms with Gasteiger partial charge in [-0.05, 0) is 31.6 Å². The second-order valence-electron chi connectivity index (χ2n) is 6.85. The monoisotopic (exact) mass is 318 g/mol. The summed E-state index contributed by atoms with van der Waals surface area (Å²) in [6.45, 7) is 3.27. The minimum Gasteiger partial charge on any atom is -0.480 e. The van der Waals surface area contributed by atoms with Crippen molar-refractivity contribution in [2.24, 2.45) is 5.92 Å². The highest BCUT2D eigenvalue weighted by Crippen LogP contribution is 2.42. The van der Waals surface area contributed by atoms with Gasteiger partial charge in [-0.2, -0.15) is 0 Å². The van der Waals surface area contributed by atoms with Gasteiger partial charge in [0.25, 0.3) is 0 Å². The Bertz CT molecular complexity index is 476. The number of rotatable bonds is 5. The molecule has 122 valence electrons. The normalized spacial score (nSPS) is 27.1. The van der Waals surface area contributed by atoms with Crippen LogP contribution in [0.4, 0.5) is 0 Å². The topological polar surface area (TPSA) is 80.7 Å². The molecule has 0 amide bonds. The molecule has 1 spiro atoms. The van der Waals surface area contributed by atoms with E-state index < -0.39 is 27.0 Å². The Kier molecular flexibility index (Phi) is 4.98. The number of hydrogen-bond donors (Lipinski definition) is 1. The average Bonchev–Trinajstić information content (AvgIpc) is 2.70. The van der Waals surface area contributed by atoms with E-state index in [4.69, 9.17) is 4.74 Å². The van der Waals surface area contributed by atoms with E-state index in [9.17, 15) is 18.3 Å². The highest BCUT2D eigenvalue weighted by molar-refractivity contribution is 7.92. The van der Waals surface area contributed by atoms with Gasteiger partial charge in [0.1, 0.15) is 0 Å². The van der Waals surface area contributed by atoms with Crippen molar-refractivity contribution in [2.75, 3.05) is 5.75 Å². The summed E-state index contributed by atoms with van der Waals surface area (Å²) in [7, 11) is -3.68. The fourth-order valence-electron chi connectivity index (χ4n) is 3.79. The van der Waals surface area contributed by atoms with Gasteiger partial charge in [-0.1, -0.05) is 33.1 Å². The summed E-state index contributed by atoms with van der Waals surface area (Å²) in [5, 5.41) is 7.85. The SMILES string of the molecule is CC(C)C(C(=O)O)S(=O)(=O)CC1CCC2(CCCCC2)O1. The van der Waals surface area contributed by atoms with E-state index in [0.29, 0.717) is 0 Å². The van der Waals surface area contributed by atoms with Crippen molar-refractivity contribution in [1.82, 2.24) is 0 Å². The number of hydrogen-bond acceptors (Lipinski definition) is 4. The lowest BCUT2D eigenvalue weighted by atomic mass is 9.83. The van der Waals surface area contributed by atoms with Gasteiger partial charge in [-0.3, -0.25) is 4.79 Å². The molecule has 2 unspecified atom stereocenters. The van der Waals surface area contributed by atoms with Crippen molar-refractivity contribution >= 4 is 15.8 Å². The predicted octanol–water partition coefficient (Wildman–Crippen LogP) is 2.39. The van der Waals surface area contributed by atoms with E-state index >= 15 is 0 Å². The first kappa shape index (κ1) is 16.7. The standard InChI is InChI=1S/C15H26O5S/c1-11(2)13(14(16)17)21(18,19)10-12-6-9-15(20-12)7-4-3-5-8-15/h11-13H,3-10H2,1-2H3,(H,16,17). The molecule has 5 nitrogen and oxygen atoms in total. The van der Waals surface area contributed by atoms with E-state index in [-0.39, 0.29) is 17.5 Å². The molecular weight excluding hydrogens is 292 g/mol. The number of ether oxygens (including phenoxy) is 1. The minimum atomic E-state index is -3.68. The van der Waals surface area contributed by atoms with E-state index in [2.05, 4.69) is 0 Å². The van der Waals surface area contributed by atoms with E-state index in [0.717, 1.165) is 38.5 Å². The van der Waals surface area contributed by atoms with Crippen LogP contribution in [0.3, 0.4) is 0 Å². The molecule has 0 aromatic rings. The Morgan fingerprint density at radius 1 is 1.24 bits per heavy atom. The van der Waals surface area contributed by atoms with Gasteiger partial charge in [0.05, 0.1) is 17.5 Å². The maximum absolute atomic E-state index is 12.4. The fourth-order valence-corrected chi connectivity index (χ4v) is 5.89. The van der Waals surface area contributed by atoms with Gasteiger partial charge < -0.3 is 9.84 Å². The van der Waals surface area contributed by atoms with Crippen molar-refractivity contribution in [2.45, 2.75) is 75.7 Å². The first-order chi connectivity index (χ1) is 9.76. The first-order valence-corrected chi connectivity index (χ1v) is 9.59. The van der Waals surface area contributed by atoms with Crippen molar-refractivity contribution in [1.29, 1.82) is 0 Å². The molecule has 2 aliphatic rings. The van der Waals surface area contributed by atoms with E-state index in [1.54, 1.807) is 13.8 Å². The third-order valence-electron chi connectivity index (χ3n) is 4.76. The number of carboxylic acid groups (broad SMARTS) is 1. The van der Waals surface area contributed by atoms with Gasteiger partial charge in [0, 0.05) is 0 Å². The Labute approximate surface area is 127 Å².